The smallest absolute Gasteiger partial charge is 0.251 e. The minimum absolute atomic E-state index is 0.0856. The quantitative estimate of drug-likeness (QED) is 0.894. The van der Waals surface area contributed by atoms with E-state index >= 15 is 0 Å². The third-order valence-electron chi connectivity index (χ3n) is 3.83. The van der Waals surface area contributed by atoms with Crippen LogP contribution in [0.15, 0.2) is 24.3 Å². The van der Waals surface area contributed by atoms with Gasteiger partial charge in [-0.05, 0) is 60.0 Å². The molecule has 2 nitrogen and oxygen atoms in total. The van der Waals surface area contributed by atoms with Crippen molar-refractivity contribution in [2.24, 2.45) is 0 Å². The average molecular weight is 340 g/mol. The number of benzene rings is 1. The maximum Gasteiger partial charge on any atom is 0.251 e. The third-order valence-corrected chi connectivity index (χ3v) is 7.89. The second-order valence-electron chi connectivity index (χ2n) is 5.41. The lowest BCUT2D eigenvalue weighted by Crippen LogP contribution is -2.37. The number of rotatable bonds is 3. The minimum atomic E-state index is 0.0856. The summed E-state index contributed by atoms with van der Waals surface area (Å²) < 4.78 is 0.547. The normalized spacial score (nSPS) is 21.1. The van der Waals surface area contributed by atoms with Crippen molar-refractivity contribution in [1.29, 1.82) is 0 Å². The van der Waals surface area contributed by atoms with E-state index in [9.17, 15) is 4.79 Å². The molecule has 1 amide bonds. The summed E-state index contributed by atoms with van der Waals surface area (Å²) in [6, 6.07) is 8.59. The van der Waals surface area contributed by atoms with Crippen molar-refractivity contribution >= 4 is 41.2 Å². The van der Waals surface area contributed by atoms with Crippen LogP contribution in [0.25, 0.3) is 0 Å². The fourth-order valence-corrected chi connectivity index (χ4v) is 6.58. The van der Waals surface area contributed by atoms with Gasteiger partial charge in [-0.15, -0.1) is 23.5 Å². The first-order chi connectivity index (χ1) is 10.3. The molecule has 3 rings (SSSR count). The molecule has 114 valence electrons. The van der Waals surface area contributed by atoms with E-state index in [4.69, 9.17) is 0 Å². The summed E-state index contributed by atoms with van der Waals surface area (Å²) in [4.78, 5) is 12.3. The Bertz CT molecular complexity index is 465. The average Bonchev–Trinajstić information content (AvgIpc) is 2.57. The summed E-state index contributed by atoms with van der Waals surface area (Å²) in [5, 5.41) is 3.17. The van der Waals surface area contributed by atoms with E-state index < -0.39 is 0 Å². The zero-order valence-corrected chi connectivity index (χ0v) is 14.5. The Morgan fingerprint density at radius 2 is 1.67 bits per heavy atom. The number of hydrogen-bond donors (Lipinski definition) is 1. The van der Waals surface area contributed by atoms with Crippen molar-refractivity contribution in [3.8, 4) is 0 Å². The zero-order chi connectivity index (χ0) is 14.5. The Balaban J connectivity index is 1.58. The number of amides is 1. The van der Waals surface area contributed by atoms with Crippen molar-refractivity contribution < 1.29 is 4.79 Å². The van der Waals surface area contributed by atoms with Gasteiger partial charge in [-0.2, -0.15) is 11.8 Å². The lowest BCUT2D eigenvalue weighted by molar-refractivity contribution is 0.0935. The molecule has 0 radical (unpaired) electrons. The molecule has 0 spiro atoms. The number of nitrogens with one attached hydrogen (secondary N) is 1. The summed E-state index contributed by atoms with van der Waals surface area (Å²) in [5.74, 6) is 4.92. The van der Waals surface area contributed by atoms with E-state index in [-0.39, 0.29) is 5.91 Å². The molecule has 21 heavy (non-hydrogen) atoms. The van der Waals surface area contributed by atoms with Gasteiger partial charge in [0.1, 0.15) is 0 Å². The lowest BCUT2D eigenvalue weighted by atomic mass is 10.1. The molecule has 0 atom stereocenters. The summed E-state index contributed by atoms with van der Waals surface area (Å²) in [7, 11) is 0. The summed E-state index contributed by atoms with van der Waals surface area (Å²) in [6.45, 7) is 0. The standard InChI is InChI=1S/C16H21NOS3/c18-15(17-14-6-10-19-11-7-14)12-2-4-13(5-3-12)16-20-8-1-9-21-16/h2-5,14,16H,1,6-11H2,(H,17,18). The van der Waals surface area contributed by atoms with E-state index in [1.165, 1.54) is 35.0 Å². The van der Waals surface area contributed by atoms with Crippen LogP contribution in [0.4, 0.5) is 0 Å². The van der Waals surface area contributed by atoms with E-state index in [1.807, 2.05) is 47.4 Å². The first kappa shape index (κ1) is 15.6. The number of carbonyl (C=O) groups is 1. The molecular weight excluding hydrogens is 318 g/mol. The maximum atomic E-state index is 12.3. The first-order valence-corrected chi connectivity index (χ1v) is 10.8. The Morgan fingerprint density at radius 1 is 1.00 bits per heavy atom. The van der Waals surface area contributed by atoms with Gasteiger partial charge in [-0.1, -0.05) is 12.1 Å². The van der Waals surface area contributed by atoms with Crippen molar-refractivity contribution in [1.82, 2.24) is 5.32 Å². The Kier molecular flexibility index (Phi) is 5.83. The second kappa shape index (κ2) is 7.84. The molecule has 2 aliphatic rings. The molecule has 0 unspecified atom stereocenters. The Labute approximate surface area is 139 Å². The summed E-state index contributed by atoms with van der Waals surface area (Å²) in [5.41, 5.74) is 2.14. The van der Waals surface area contributed by atoms with Crippen molar-refractivity contribution in [2.45, 2.75) is 29.9 Å². The van der Waals surface area contributed by atoms with Gasteiger partial charge in [-0.25, -0.2) is 0 Å². The van der Waals surface area contributed by atoms with Crippen LogP contribution in [-0.2, 0) is 0 Å². The van der Waals surface area contributed by atoms with Crippen LogP contribution in [0.1, 0.15) is 39.8 Å². The predicted molar refractivity (Wildman–Crippen MR) is 96.5 cm³/mol. The highest BCUT2D eigenvalue weighted by Crippen LogP contribution is 2.43. The molecule has 0 bridgehead atoms. The molecule has 2 aliphatic heterocycles. The molecule has 0 aromatic heterocycles. The summed E-state index contributed by atoms with van der Waals surface area (Å²) >= 11 is 6.02. The number of carbonyl (C=O) groups excluding carboxylic acids is 1. The summed E-state index contributed by atoms with van der Waals surface area (Å²) in [6.07, 6.45) is 3.51. The van der Waals surface area contributed by atoms with E-state index in [0.717, 1.165) is 18.4 Å². The van der Waals surface area contributed by atoms with Gasteiger partial charge in [0.15, 0.2) is 0 Å². The molecule has 2 saturated heterocycles. The molecule has 0 aliphatic carbocycles. The van der Waals surface area contributed by atoms with Gasteiger partial charge in [0.25, 0.3) is 5.91 Å². The van der Waals surface area contributed by atoms with Crippen LogP contribution in [-0.4, -0.2) is 35.0 Å². The van der Waals surface area contributed by atoms with Gasteiger partial charge < -0.3 is 5.32 Å². The highest BCUT2D eigenvalue weighted by molar-refractivity contribution is 8.16. The van der Waals surface area contributed by atoms with Gasteiger partial charge in [0.05, 0.1) is 4.58 Å². The fourth-order valence-electron chi connectivity index (χ4n) is 2.58. The van der Waals surface area contributed by atoms with Gasteiger partial charge in [-0.3, -0.25) is 4.79 Å². The molecular formula is C16H21NOS3. The van der Waals surface area contributed by atoms with Crippen LogP contribution in [0, 0.1) is 0 Å². The first-order valence-electron chi connectivity index (χ1n) is 7.55. The third kappa shape index (κ3) is 4.36. The second-order valence-corrected chi connectivity index (χ2v) is 9.36. The van der Waals surface area contributed by atoms with Crippen molar-refractivity contribution in [3.63, 3.8) is 0 Å². The van der Waals surface area contributed by atoms with E-state index in [2.05, 4.69) is 17.4 Å². The maximum absolute atomic E-state index is 12.3. The van der Waals surface area contributed by atoms with Crippen molar-refractivity contribution in [2.75, 3.05) is 23.0 Å². The topological polar surface area (TPSA) is 29.1 Å². The molecule has 2 heterocycles. The fraction of sp³-hybridized carbons (Fsp3) is 0.562. The lowest BCUT2D eigenvalue weighted by Gasteiger charge is -2.23. The van der Waals surface area contributed by atoms with Crippen LogP contribution >= 0.6 is 35.3 Å². The SMILES string of the molecule is O=C(NC1CCSCC1)c1ccc(C2SCCCS2)cc1. The van der Waals surface area contributed by atoms with Crippen LogP contribution in [0.5, 0.6) is 0 Å². The zero-order valence-electron chi connectivity index (χ0n) is 12.0. The molecule has 0 saturated carbocycles. The molecule has 1 aromatic carbocycles. The minimum Gasteiger partial charge on any atom is -0.349 e. The molecule has 1 N–H and O–H groups in total. The molecule has 1 aromatic rings. The van der Waals surface area contributed by atoms with Gasteiger partial charge in [0, 0.05) is 11.6 Å². The van der Waals surface area contributed by atoms with Gasteiger partial charge in [0.2, 0.25) is 0 Å². The van der Waals surface area contributed by atoms with Crippen LogP contribution < -0.4 is 5.32 Å². The van der Waals surface area contributed by atoms with E-state index in [0.29, 0.717) is 10.6 Å². The molecule has 2 fully saturated rings. The van der Waals surface area contributed by atoms with Crippen LogP contribution in [0.3, 0.4) is 0 Å². The Morgan fingerprint density at radius 3 is 2.33 bits per heavy atom. The number of hydrogen-bond acceptors (Lipinski definition) is 4. The Hall–Kier alpha value is -0.260. The highest BCUT2D eigenvalue weighted by Gasteiger charge is 2.19. The highest BCUT2D eigenvalue weighted by atomic mass is 32.2. The molecule has 5 heteroatoms. The monoisotopic (exact) mass is 339 g/mol. The van der Waals surface area contributed by atoms with Crippen LogP contribution in [0.2, 0.25) is 0 Å². The number of thioether (sulfide) groups is 3. The van der Waals surface area contributed by atoms with Crippen molar-refractivity contribution in [3.05, 3.63) is 35.4 Å². The van der Waals surface area contributed by atoms with E-state index in [1.54, 1.807) is 0 Å². The predicted octanol–water partition coefficient (Wildman–Crippen LogP) is 4.18. The largest absolute Gasteiger partial charge is 0.349 e. The van der Waals surface area contributed by atoms with Gasteiger partial charge >= 0.3 is 0 Å².